The van der Waals surface area contributed by atoms with E-state index in [1.807, 2.05) is 6.07 Å². The third kappa shape index (κ3) is 2.47. The van der Waals surface area contributed by atoms with E-state index in [2.05, 4.69) is 38.1 Å². The second-order valence-electron chi connectivity index (χ2n) is 4.54. The van der Waals surface area contributed by atoms with Gasteiger partial charge in [0, 0.05) is 6.04 Å². The van der Waals surface area contributed by atoms with E-state index < -0.39 is 0 Å². The van der Waals surface area contributed by atoms with Crippen LogP contribution in [0.5, 0.6) is 11.5 Å². The summed E-state index contributed by atoms with van der Waals surface area (Å²) in [5.41, 5.74) is 1.32. The average molecular weight is 221 g/mol. The number of hydrogen-bond acceptors (Lipinski definition) is 3. The fourth-order valence-corrected chi connectivity index (χ4v) is 1.73. The first-order chi connectivity index (χ1) is 7.66. The van der Waals surface area contributed by atoms with Crippen LogP contribution in [-0.2, 0) is 6.42 Å². The van der Waals surface area contributed by atoms with Gasteiger partial charge < -0.3 is 14.4 Å². The molecule has 0 N–H and O–H groups in total. The van der Waals surface area contributed by atoms with Gasteiger partial charge in [-0.05, 0) is 51.6 Å². The van der Waals surface area contributed by atoms with Crippen molar-refractivity contribution >= 4 is 0 Å². The number of rotatable bonds is 4. The molecule has 0 fully saturated rings. The van der Waals surface area contributed by atoms with Crippen molar-refractivity contribution in [2.24, 2.45) is 0 Å². The lowest BCUT2D eigenvalue weighted by molar-refractivity contribution is 0.174. The van der Waals surface area contributed by atoms with Crippen LogP contribution >= 0.6 is 0 Å². The monoisotopic (exact) mass is 221 g/mol. The highest BCUT2D eigenvalue weighted by Gasteiger charge is 2.13. The Bertz CT molecular complexity index is 363. The van der Waals surface area contributed by atoms with Gasteiger partial charge in [0.15, 0.2) is 11.5 Å². The lowest BCUT2D eigenvalue weighted by Crippen LogP contribution is -2.24. The molecular formula is C13H19NO2. The standard InChI is InChI=1S/C13H19NO2/c1-10(14(2)3)4-5-11-6-7-12-13(8-11)16-9-15-12/h6-8,10H,4-5,9H2,1-3H3. The van der Waals surface area contributed by atoms with E-state index in [1.165, 1.54) is 5.56 Å². The van der Waals surface area contributed by atoms with Crippen LogP contribution in [0.15, 0.2) is 18.2 Å². The minimum atomic E-state index is 0.354. The molecule has 88 valence electrons. The smallest absolute Gasteiger partial charge is 0.231 e. The Morgan fingerprint density at radius 1 is 1.25 bits per heavy atom. The Morgan fingerprint density at radius 2 is 2.00 bits per heavy atom. The van der Waals surface area contributed by atoms with Gasteiger partial charge >= 0.3 is 0 Å². The molecule has 1 unspecified atom stereocenters. The molecular weight excluding hydrogens is 202 g/mol. The van der Waals surface area contributed by atoms with E-state index in [4.69, 9.17) is 9.47 Å². The summed E-state index contributed by atoms with van der Waals surface area (Å²) in [5, 5.41) is 0. The molecule has 3 heteroatoms. The molecule has 0 spiro atoms. The number of nitrogens with zero attached hydrogens (tertiary/aromatic N) is 1. The summed E-state index contributed by atoms with van der Waals surface area (Å²) in [5.74, 6) is 1.75. The Balaban J connectivity index is 1.95. The predicted molar refractivity (Wildman–Crippen MR) is 64.0 cm³/mol. The normalized spacial score (nSPS) is 15.5. The summed E-state index contributed by atoms with van der Waals surface area (Å²) < 4.78 is 10.6. The van der Waals surface area contributed by atoms with Gasteiger partial charge in [0.1, 0.15) is 0 Å². The molecule has 1 aliphatic rings. The van der Waals surface area contributed by atoms with Crippen molar-refractivity contribution in [3.63, 3.8) is 0 Å². The van der Waals surface area contributed by atoms with Crippen LogP contribution in [0.25, 0.3) is 0 Å². The second-order valence-corrected chi connectivity index (χ2v) is 4.54. The van der Waals surface area contributed by atoms with Gasteiger partial charge in [0.2, 0.25) is 6.79 Å². The van der Waals surface area contributed by atoms with Crippen molar-refractivity contribution in [1.82, 2.24) is 4.90 Å². The first-order valence-electron chi connectivity index (χ1n) is 5.72. The van der Waals surface area contributed by atoms with E-state index in [1.54, 1.807) is 0 Å². The molecule has 1 atom stereocenters. The van der Waals surface area contributed by atoms with Gasteiger partial charge in [0.25, 0.3) is 0 Å². The maximum absolute atomic E-state index is 5.36. The summed E-state index contributed by atoms with van der Waals surface area (Å²) in [7, 11) is 4.23. The molecule has 0 aromatic heterocycles. The van der Waals surface area contributed by atoms with Crippen LogP contribution in [-0.4, -0.2) is 31.8 Å². The molecule has 1 aliphatic heterocycles. The molecule has 1 heterocycles. The highest BCUT2D eigenvalue weighted by molar-refractivity contribution is 5.44. The molecule has 3 nitrogen and oxygen atoms in total. The van der Waals surface area contributed by atoms with Crippen molar-refractivity contribution in [2.75, 3.05) is 20.9 Å². The molecule has 0 saturated carbocycles. The van der Waals surface area contributed by atoms with Crippen LogP contribution < -0.4 is 9.47 Å². The second kappa shape index (κ2) is 4.74. The van der Waals surface area contributed by atoms with Crippen molar-refractivity contribution in [2.45, 2.75) is 25.8 Å². The quantitative estimate of drug-likeness (QED) is 0.778. The Labute approximate surface area is 97.0 Å². The molecule has 1 aromatic carbocycles. The Kier molecular flexibility index (Phi) is 3.34. The number of ether oxygens (including phenoxy) is 2. The molecule has 0 saturated heterocycles. The van der Waals surface area contributed by atoms with Crippen LogP contribution in [0, 0.1) is 0 Å². The lowest BCUT2D eigenvalue weighted by atomic mass is 10.1. The van der Waals surface area contributed by atoms with Gasteiger partial charge in [-0.1, -0.05) is 6.07 Å². The topological polar surface area (TPSA) is 21.7 Å². The average Bonchev–Trinajstić information content (AvgIpc) is 2.72. The number of fused-ring (bicyclic) bond motifs is 1. The fraction of sp³-hybridized carbons (Fsp3) is 0.538. The highest BCUT2D eigenvalue weighted by atomic mass is 16.7. The molecule has 16 heavy (non-hydrogen) atoms. The maximum Gasteiger partial charge on any atom is 0.231 e. The molecule has 0 amide bonds. The van der Waals surface area contributed by atoms with Gasteiger partial charge in [-0.25, -0.2) is 0 Å². The van der Waals surface area contributed by atoms with Crippen molar-refractivity contribution < 1.29 is 9.47 Å². The highest BCUT2D eigenvalue weighted by Crippen LogP contribution is 2.32. The van der Waals surface area contributed by atoms with E-state index >= 15 is 0 Å². The van der Waals surface area contributed by atoms with Gasteiger partial charge in [-0.15, -0.1) is 0 Å². The van der Waals surface area contributed by atoms with E-state index in [0.717, 1.165) is 24.3 Å². The molecule has 1 aromatic rings. The van der Waals surface area contributed by atoms with Gasteiger partial charge in [-0.2, -0.15) is 0 Å². The van der Waals surface area contributed by atoms with Crippen molar-refractivity contribution in [1.29, 1.82) is 0 Å². The number of aryl methyl sites for hydroxylation is 1. The van der Waals surface area contributed by atoms with Gasteiger partial charge in [-0.3, -0.25) is 0 Å². The van der Waals surface area contributed by atoms with E-state index in [9.17, 15) is 0 Å². The summed E-state index contributed by atoms with van der Waals surface area (Å²) in [6.45, 7) is 2.60. The first-order valence-corrected chi connectivity index (χ1v) is 5.72. The summed E-state index contributed by atoms with van der Waals surface area (Å²) >= 11 is 0. The minimum absolute atomic E-state index is 0.354. The van der Waals surface area contributed by atoms with Crippen LogP contribution in [0.4, 0.5) is 0 Å². The molecule has 0 bridgehead atoms. The number of hydrogen-bond donors (Lipinski definition) is 0. The zero-order valence-corrected chi connectivity index (χ0v) is 10.2. The molecule has 2 rings (SSSR count). The van der Waals surface area contributed by atoms with Crippen molar-refractivity contribution in [3.8, 4) is 11.5 Å². The molecule has 0 aliphatic carbocycles. The Hall–Kier alpha value is -1.22. The van der Waals surface area contributed by atoms with E-state index in [-0.39, 0.29) is 0 Å². The van der Waals surface area contributed by atoms with Crippen LogP contribution in [0.2, 0.25) is 0 Å². The SMILES string of the molecule is CC(CCc1ccc2c(c1)OCO2)N(C)C. The largest absolute Gasteiger partial charge is 0.454 e. The minimum Gasteiger partial charge on any atom is -0.454 e. The van der Waals surface area contributed by atoms with Crippen LogP contribution in [0.3, 0.4) is 0 Å². The fourth-order valence-electron chi connectivity index (χ4n) is 1.73. The Morgan fingerprint density at radius 3 is 2.75 bits per heavy atom. The first kappa shape index (κ1) is 11.3. The van der Waals surface area contributed by atoms with Gasteiger partial charge in [0.05, 0.1) is 0 Å². The number of benzene rings is 1. The summed E-state index contributed by atoms with van der Waals surface area (Å²) in [4.78, 5) is 2.24. The van der Waals surface area contributed by atoms with Crippen LogP contribution in [0.1, 0.15) is 18.9 Å². The summed E-state index contributed by atoms with van der Waals surface area (Å²) in [6.07, 6.45) is 2.24. The maximum atomic E-state index is 5.36. The third-order valence-corrected chi connectivity index (χ3v) is 3.17. The third-order valence-electron chi connectivity index (χ3n) is 3.17. The van der Waals surface area contributed by atoms with Crippen molar-refractivity contribution in [3.05, 3.63) is 23.8 Å². The zero-order valence-electron chi connectivity index (χ0n) is 10.2. The predicted octanol–water partition coefficient (Wildman–Crippen LogP) is 2.30. The lowest BCUT2D eigenvalue weighted by Gasteiger charge is -2.19. The summed E-state index contributed by atoms with van der Waals surface area (Å²) in [6, 6.07) is 6.81. The molecule has 0 radical (unpaired) electrons. The van der Waals surface area contributed by atoms with E-state index in [0.29, 0.717) is 12.8 Å². The zero-order chi connectivity index (χ0) is 11.5.